The van der Waals surface area contributed by atoms with Crippen LogP contribution >= 0.6 is 11.3 Å². The topological polar surface area (TPSA) is 32.1 Å². The van der Waals surface area contributed by atoms with Gasteiger partial charge >= 0.3 is 0 Å². The van der Waals surface area contributed by atoms with Crippen LogP contribution in [0.25, 0.3) is 0 Å². The van der Waals surface area contributed by atoms with Crippen LogP contribution in [0, 0.1) is 0 Å². The van der Waals surface area contributed by atoms with E-state index < -0.39 is 0 Å². The Morgan fingerprint density at radius 3 is 2.77 bits per heavy atom. The molecule has 2 heterocycles. The van der Waals surface area contributed by atoms with Crippen molar-refractivity contribution >= 4 is 11.3 Å². The average molecular weight is 198 g/mol. The second-order valence-electron chi connectivity index (χ2n) is 3.72. The minimum atomic E-state index is 0.669. The van der Waals surface area contributed by atoms with E-state index in [2.05, 4.69) is 23.2 Å². The predicted octanol–water partition coefficient (Wildman–Crippen LogP) is -0.290. The molecule has 1 fully saturated rings. The summed E-state index contributed by atoms with van der Waals surface area (Å²) in [6, 6.07) is 5.08. The summed E-state index contributed by atoms with van der Waals surface area (Å²) in [6.45, 7) is 3.73. The number of hydrogen-bond donors (Lipinski definition) is 2. The number of thiophene rings is 1. The van der Waals surface area contributed by atoms with Crippen LogP contribution in [-0.4, -0.2) is 19.6 Å². The Balaban J connectivity index is 2.08. The van der Waals surface area contributed by atoms with Gasteiger partial charge in [0.2, 0.25) is 0 Å². The molecule has 0 bridgehead atoms. The lowest BCUT2D eigenvalue weighted by Gasteiger charge is -2.20. The third-order valence-electron chi connectivity index (χ3n) is 2.91. The third kappa shape index (κ3) is 1.93. The fraction of sp³-hybridized carbons (Fsp3) is 0.600. The Bertz CT molecular complexity index is 239. The van der Waals surface area contributed by atoms with Gasteiger partial charge in [-0.2, -0.15) is 0 Å². The molecule has 0 aromatic carbocycles. The summed E-state index contributed by atoms with van der Waals surface area (Å²) in [5.74, 6) is 0. The largest absolute Gasteiger partial charge is 0.352 e. The van der Waals surface area contributed by atoms with Crippen molar-refractivity contribution in [2.45, 2.75) is 18.9 Å². The maximum Gasteiger partial charge on any atom is 0.172 e. The van der Waals surface area contributed by atoms with Crippen LogP contribution < -0.4 is 10.6 Å². The maximum absolute atomic E-state index is 4.07. The molecular weight excluding hydrogens is 180 g/mol. The van der Waals surface area contributed by atoms with Crippen LogP contribution in [0.15, 0.2) is 17.5 Å². The van der Waals surface area contributed by atoms with Crippen molar-refractivity contribution in [3.63, 3.8) is 0 Å². The Labute approximate surface area is 83.4 Å². The SMILES string of the molecule is [NH3+]C[C@H](c1cccs1)[NH+]1CCCC1. The fourth-order valence-electron chi connectivity index (χ4n) is 2.21. The van der Waals surface area contributed by atoms with Crippen LogP contribution in [0.5, 0.6) is 0 Å². The molecule has 2 rings (SSSR count). The van der Waals surface area contributed by atoms with Gasteiger partial charge in [0.15, 0.2) is 6.04 Å². The fourth-order valence-corrected chi connectivity index (χ4v) is 3.13. The summed E-state index contributed by atoms with van der Waals surface area (Å²) >= 11 is 1.88. The van der Waals surface area contributed by atoms with Crippen LogP contribution in [0.2, 0.25) is 0 Å². The maximum atomic E-state index is 4.07. The van der Waals surface area contributed by atoms with Gasteiger partial charge < -0.3 is 10.6 Å². The quantitative estimate of drug-likeness (QED) is 0.669. The molecule has 0 radical (unpaired) electrons. The zero-order valence-corrected chi connectivity index (χ0v) is 8.78. The van der Waals surface area contributed by atoms with E-state index in [9.17, 15) is 0 Å². The number of hydrogen-bond acceptors (Lipinski definition) is 1. The number of rotatable bonds is 3. The predicted molar refractivity (Wildman–Crippen MR) is 54.7 cm³/mol. The number of nitrogens with one attached hydrogen (secondary N) is 1. The van der Waals surface area contributed by atoms with Gasteiger partial charge in [-0.3, -0.25) is 0 Å². The summed E-state index contributed by atoms with van der Waals surface area (Å²) in [6.07, 6.45) is 2.80. The molecule has 1 aliphatic heterocycles. The molecule has 1 aromatic rings. The highest BCUT2D eigenvalue weighted by Crippen LogP contribution is 2.15. The smallest absolute Gasteiger partial charge is 0.172 e. The van der Waals surface area contributed by atoms with Gasteiger partial charge in [0, 0.05) is 12.8 Å². The lowest BCUT2D eigenvalue weighted by atomic mass is 10.2. The molecule has 1 aromatic heterocycles. The molecule has 0 unspecified atom stereocenters. The summed E-state index contributed by atoms with van der Waals surface area (Å²) in [4.78, 5) is 3.27. The average Bonchev–Trinajstić information content (AvgIpc) is 2.76. The first-order chi connectivity index (χ1) is 6.42. The molecule has 0 saturated carbocycles. The molecule has 13 heavy (non-hydrogen) atoms. The highest BCUT2D eigenvalue weighted by Gasteiger charge is 2.27. The molecule has 1 saturated heterocycles. The van der Waals surface area contributed by atoms with Crippen molar-refractivity contribution < 1.29 is 10.6 Å². The van der Waals surface area contributed by atoms with Crippen molar-refractivity contribution in [2.24, 2.45) is 0 Å². The van der Waals surface area contributed by atoms with Crippen molar-refractivity contribution in [2.75, 3.05) is 19.6 Å². The van der Waals surface area contributed by atoms with E-state index in [-0.39, 0.29) is 0 Å². The summed E-state index contributed by atoms with van der Waals surface area (Å²) in [5.41, 5.74) is 4.07. The molecule has 2 nitrogen and oxygen atoms in total. The van der Waals surface area contributed by atoms with Crippen molar-refractivity contribution in [3.05, 3.63) is 22.4 Å². The summed E-state index contributed by atoms with van der Waals surface area (Å²) in [7, 11) is 0. The van der Waals surface area contributed by atoms with E-state index >= 15 is 0 Å². The minimum Gasteiger partial charge on any atom is -0.352 e. The van der Waals surface area contributed by atoms with Gasteiger partial charge in [-0.15, -0.1) is 11.3 Å². The van der Waals surface area contributed by atoms with Gasteiger partial charge in [-0.25, -0.2) is 0 Å². The molecule has 0 spiro atoms. The zero-order chi connectivity index (χ0) is 9.10. The number of likely N-dealkylation sites (tertiary alicyclic amines) is 1. The Kier molecular flexibility index (Phi) is 2.98. The van der Waals surface area contributed by atoms with Gasteiger partial charge in [0.25, 0.3) is 0 Å². The monoisotopic (exact) mass is 198 g/mol. The second-order valence-corrected chi connectivity index (χ2v) is 4.70. The molecule has 1 aliphatic rings. The molecule has 72 valence electrons. The van der Waals surface area contributed by atoms with Crippen LogP contribution in [-0.2, 0) is 0 Å². The van der Waals surface area contributed by atoms with Gasteiger partial charge in [0.1, 0.15) is 6.54 Å². The first-order valence-corrected chi connectivity index (χ1v) is 5.97. The van der Waals surface area contributed by atoms with E-state index in [0.29, 0.717) is 6.04 Å². The van der Waals surface area contributed by atoms with E-state index in [4.69, 9.17) is 0 Å². The lowest BCUT2D eigenvalue weighted by Crippen LogP contribution is -3.11. The Morgan fingerprint density at radius 2 is 2.23 bits per heavy atom. The Morgan fingerprint density at radius 1 is 1.46 bits per heavy atom. The van der Waals surface area contributed by atoms with E-state index in [1.807, 2.05) is 11.3 Å². The molecule has 4 N–H and O–H groups in total. The molecule has 1 atom stereocenters. The van der Waals surface area contributed by atoms with E-state index in [0.717, 1.165) is 6.54 Å². The normalized spacial score (nSPS) is 20.7. The van der Waals surface area contributed by atoms with E-state index in [1.165, 1.54) is 30.8 Å². The van der Waals surface area contributed by atoms with Crippen LogP contribution in [0.4, 0.5) is 0 Å². The van der Waals surface area contributed by atoms with Crippen LogP contribution in [0.1, 0.15) is 23.8 Å². The highest BCUT2D eigenvalue weighted by molar-refractivity contribution is 7.10. The van der Waals surface area contributed by atoms with Gasteiger partial charge in [0.05, 0.1) is 18.0 Å². The lowest BCUT2D eigenvalue weighted by molar-refractivity contribution is -0.925. The van der Waals surface area contributed by atoms with Crippen LogP contribution in [0.3, 0.4) is 0 Å². The third-order valence-corrected chi connectivity index (χ3v) is 3.90. The number of quaternary nitrogens is 2. The van der Waals surface area contributed by atoms with Gasteiger partial charge in [-0.1, -0.05) is 6.07 Å². The molecular formula is C10H18N2S+2. The first-order valence-electron chi connectivity index (χ1n) is 5.09. The standard InChI is InChI=1S/C10H16N2S/c11-8-9(10-4-3-7-13-10)12-5-1-2-6-12/h3-4,7,9H,1-2,5-6,8,11H2/p+2/t9-/m1/s1. The zero-order valence-electron chi connectivity index (χ0n) is 7.96. The van der Waals surface area contributed by atoms with Crippen molar-refractivity contribution in [3.8, 4) is 0 Å². The van der Waals surface area contributed by atoms with Gasteiger partial charge in [-0.05, 0) is 11.4 Å². The Hall–Kier alpha value is -0.380. The summed E-state index contributed by atoms with van der Waals surface area (Å²) in [5, 5.41) is 2.17. The summed E-state index contributed by atoms with van der Waals surface area (Å²) < 4.78 is 0. The van der Waals surface area contributed by atoms with Crippen molar-refractivity contribution in [1.82, 2.24) is 0 Å². The molecule has 0 amide bonds. The minimum absolute atomic E-state index is 0.669. The van der Waals surface area contributed by atoms with Crippen molar-refractivity contribution in [1.29, 1.82) is 0 Å². The highest BCUT2D eigenvalue weighted by atomic mass is 32.1. The molecule has 0 aliphatic carbocycles. The first kappa shape index (κ1) is 9.19. The second kappa shape index (κ2) is 4.22. The molecule has 3 heteroatoms. The van der Waals surface area contributed by atoms with E-state index in [1.54, 1.807) is 4.90 Å².